The molecule has 1 aliphatic rings. The van der Waals surface area contributed by atoms with Gasteiger partial charge in [0.25, 0.3) is 0 Å². The Bertz CT molecular complexity index is 526. The van der Waals surface area contributed by atoms with Crippen LogP contribution in [0.15, 0.2) is 18.2 Å². The largest absolute Gasteiger partial charge is 0.480 e. The molecule has 1 aromatic rings. The summed E-state index contributed by atoms with van der Waals surface area (Å²) in [5, 5.41) is 9.25. The zero-order valence-corrected chi connectivity index (χ0v) is 11.2. The maximum atomic E-state index is 12.7. The van der Waals surface area contributed by atoms with Crippen LogP contribution in [0, 0.1) is 0 Å². The molecule has 1 N–H and O–H groups in total. The number of aliphatic carboxylic acids is 1. The van der Waals surface area contributed by atoms with Crippen LogP contribution >= 0.6 is 0 Å². The van der Waals surface area contributed by atoms with Crippen molar-refractivity contribution in [1.82, 2.24) is 4.90 Å². The van der Waals surface area contributed by atoms with Crippen LogP contribution in [0.3, 0.4) is 0 Å². The highest BCUT2D eigenvalue weighted by atomic mass is 19.4. The third kappa shape index (κ3) is 2.80. The van der Waals surface area contributed by atoms with E-state index in [4.69, 9.17) is 0 Å². The normalized spacial score (nSPS) is 20.0. The fourth-order valence-electron chi connectivity index (χ4n) is 2.55. The summed E-state index contributed by atoms with van der Waals surface area (Å²) in [6, 6.07) is 2.81. The van der Waals surface area contributed by atoms with Gasteiger partial charge in [0.2, 0.25) is 0 Å². The third-order valence-electron chi connectivity index (χ3n) is 3.65. The minimum atomic E-state index is -4.37. The first kappa shape index (κ1) is 14.8. The average Bonchev–Trinajstić information content (AvgIpc) is 2.35. The number of carboxylic acid groups (broad SMARTS) is 1. The van der Waals surface area contributed by atoms with E-state index in [1.54, 1.807) is 4.90 Å². The van der Waals surface area contributed by atoms with Crippen LogP contribution in [0.25, 0.3) is 0 Å². The van der Waals surface area contributed by atoms with Crippen LogP contribution in [-0.2, 0) is 23.9 Å². The van der Waals surface area contributed by atoms with Crippen molar-refractivity contribution in [3.63, 3.8) is 0 Å². The number of alkyl halides is 3. The SMILES string of the molecule is CC(C)N1Cc2cc(C(F)(F)F)ccc2CC1C(=O)O. The maximum absolute atomic E-state index is 12.7. The fourth-order valence-corrected chi connectivity index (χ4v) is 2.55. The molecule has 0 radical (unpaired) electrons. The molecule has 1 aliphatic heterocycles. The zero-order chi connectivity index (χ0) is 15.1. The van der Waals surface area contributed by atoms with Gasteiger partial charge in [-0.15, -0.1) is 0 Å². The number of hydrogen-bond donors (Lipinski definition) is 1. The topological polar surface area (TPSA) is 40.5 Å². The van der Waals surface area contributed by atoms with Gasteiger partial charge in [0.1, 0.15) is 6.04 Å². The highest BCUT2D eigenvalue weighted by Crippen LogP contribution is 2.33. The van der Waals surface area contributed by atoms with Gasteiger partial charge >= 0.3 is 12.1 Å². The standard InChI is InChI=1S/C14H16F3NO2/c1-8(2)18-7-10-5-11(14(15,16)17)4-3-9(10)6-12(18)13(19)20/h3-5,8,12H,6-7H2,1-2H3,(H,19,20). The third-order valence-corrected chi connectivity index (χ3v) is 3.65. The van der Waals surface area contributed by atoms with Crippen molar-refractivity contribution in [2.24, 2.45) is 0 Å². The Kier molecular flexibility index (Phi) is 3.77. The number of carbonyl (C=O) groups is 1. The van der Waals surface area contributed by atoms with E-state index in [2.05, 4.69) is 0 Å². The van der Waals surface area contributed by atoms with E-state index in [1.807, 2.05) is 13.8 Å². The van der Waals surface area contributed by atoms with E-state index in [0.29, 0.717) is 11.1 Å². The molecule has 1 unspecified atom stereocenters. The van der Waals surface area contributed by atoms with Gasteiger partial charge in [0, 0.05) is 12.6 Å². The molecule has 0 fully saturated rings. The van der Waals surface area contributed by atoms with Crippen LogP contribution in [0.1, 0.15) is 30.5 Å². The van der Waals surface area contributed by atoms with Gasteiger partial charge in [-0.05, 0) is 43.5 Å². The van der Waals surface area contributed by atoms with Gasteiger partial charge in [-0.2, -0.15) is 13.2 Å². The summed E-state index contributed by atoms with van der Waals surface area (Å²) >= 11 is 0. The summed E-state index contributed by atoms with van der Waals surface area (Å²) in [6.45, 7) is 3.91. The lowest BCUT2D eigenvalue weighted by Gasteiger charge is -2.37. The van der Waals surface area contributed by atoms with Crippen LogP contribution in [0.2, 0.25) is 0 Å². The molecule has 0 saturated carbocycles. The van der Waals surface area contributed by atoms with E-state index in [-0.39, 0.29) is 19.0 Å². The molecule has 0 saturated heterocycles. The molecule has 0 bridgehead atoms. The van der Waals surface area contributed by atoms with Crippen LogP contribution in [0.5, 0.6) is 0 Å². The molecule has 110 valence electrons. The smallest absolute Gasteiger partial charge is 0.416 e. The Morgan fingerprint density at radius 2 is 2.00 bits per heavy atom. The van der Waals surface area contributed by atoms with Gasteiger partial charge in [-0.3, -0.25) is 9.69 Å². The molecule has 2 rings (SSSR count). The fraction of sp³-hybridized carbons (Fsp3) is 0.500. The molecule has 20 heavy (non-hydrogen) atoms. The van der Waals surface area contributed by atoms with Gasteiger partial charge in [-0.1, -0.05) is 6.07 Å². The van der Waals surface area contributed by atoms with Crippen LogP contribution < -0.4 is 0 Å². The van der Waals surface area contributed by atoms with Crippen LogP contribution in [0.4, 0.5) is 13.2 Å². The molecule has 0 aliphatic carbocycles. The summed E-state index contributed by atoms with van der Waals surface area (Å²) in [5.74, 6) is -0.941. The van der Waals surface area contributed by atoms with Gasteiger partial charge < -0.3 is 5.11 Å². The molecular formula is C14H16F3NO2. The highest BCUT2D eigenvalue weighted by Gasteiger charge is 2.35. The molecule has 1 atom stereocenters. The lowest BCUT2D eigenvalue weighted by Crippen LogP contribution is -2.48. The highest BCUT2D eigenvalue weighted by molar-refractivity contribution is 5.74. The van der Waals surface area contributed by atoms with E-state index >= 15 is 0 Å². The maximum Gasteiger partial charge on any atom is 0.416 e. The minimum Gasteiger partial charge on any atom is -0.480 e. The van der Waals surface area contributed by atoms with Crippen molar-refractivity contribution < 1.29 is 23.1 Å². The van der Waals surface area contributed by atoms with E-state index in [1.165, 1.54) is 6.07 Å². The minimum absolute atomic E-state index is 0.0428. The van der Waals surface area contributed by atoms with Crippen molar-refractivity contribution in [3.05, 3.63) is 34.9 Å². The summed E-state index contributed by atoms with van der Waals surface area (Å²) in [5.41, 5.74) is 0.557. The van der Waals surface area contributed by atoms with Crippen molar-refractivity contribution in [3.8, 4) is 0 Å². The van der Waals surface area contributed by atoms with Crippen molar-refractivity contribution in [2.75, 3.05) is 0 Å². The van der Waals surface area contributed by atoms with E-state index in [9.17, 15) is 23.1 Å². The Balaban J connectivity index is 2.39. The van der Waals surface area contributed by atoms with Gasteiger partial charge in [0.15, 0.2) is 0 Å². The second-order valence-corrected chi connectivity index (χ2v) is 5.31. The second-order valence-electron chi connectivity index (χ2n) is 5.31. The Hall–Kier alpha value is -1.56. The molecule has 0 aromatic heterocycles. The van der Waals surface area contributed by atoms with E-state index in [0.717, 1.165) is 12.1 Å². The predicted molar refractivity (Wildman–Crippen MR) is 67.3 cm³/mol. The number of carboxylic acids is 1. The summed E-state index contributed by atoms with van der Waals surface area (Å²) in [7, 11) is 0. The quantitative estimate of drug-likeness (QED) is 0.909. The lowest BCUT2D eigenvalue weighted by atomic mass is 9.91. The van der Waals surface area contributed by atoms with Crippen molar-refractivity contribution in [1.29, 1.82) is 0 Å². The zero-order valence-electron chi connectivity index (χ0n) is 11.2. The lowest BCUT2D eigenvalue weighted by molar-refractivity contribution is -0.145. The average molecular weight is 287 g/mol. The number of halogens is 3. The number of fused-ring (bicyclic) bond motifs is 1. The molecule has 3 nitrogen and oxygen atoms in total. The number of nitrogens with zero attached hydrogens (tertiary/aromatic N) is 1. The molecule has 1 heterocycles. The molecule has 0 spiro atoms. The van der Waals surface area contributed by atoms with Gasteiger partial charge in [0.05, 0.1) is 5.56 Å². The van der Waals surface area contributed by atoms with Crippen molar-refractivity contribution >= 4 is 5.97 Å². The molecule has 6 heteroatoms. The second kappa shape index (κ2) is 5.09. The Morgan fingerprint density at radius 1 is 1.35 bits per heavy atom. The molecular weight excluding hydrogens is 271 g/mol. The first-order valence-electron chi connectivity index (χ1n) is 6.37. The van der Waals surface area contributed by atoms with Gasteiger partial charge in [-0.25, -0.2) is 0 Å². The Morgan fingerprint density at radius 3 is 2.50 bits per heavy atom. The molecule has 1 aromatic carbocycles. The summed E-state index contributed by atoms with van der Waals surface area (Å²) in [4.78, 5) is 13.0. The predicted octanol–water partition coefficient (Wildman–Crippen LogP) is 2.93. The molecule has 0 amide bonds. The monoisotopic (exact) mass is 287 g/mol. The Labute approximate surface area is 115 Å². The van der Waals surface area contributed by atoms with Crippen LogP contribution in [-0.4, -0.2) is 28.1 Å². The number of hydrogen-bond acceptors (Lipinski definition) is 2. The first-order chi connectivity index (χ1) is 9.20. The van der Waals surface area contributed by atoms with E-state index < -0.39 is 23.8 Å². The number of benzene rings is 1. The number of rotatable bonds is 2. The summed E-state index contributed by atoms with van der Waals surface area (Å²) < 4.78 is 38.1. The summed E-state index contributed by atoms with van der Waals surface area (Å²) in [6.07, 6.45) is -4.14. The first-order valence-corrected chi connectivity index (χ1v) is 6.37. The van der Waals surface area contributed by atoms with Crippen molar-refractivity contribution in [2.45, 2.75) is 45.1 Å².